The third kappa shape index (κ3) is 4.60. The number of Topliss-reactive ketones (excluding diaryl/α,β-unsaturated/α-hetero) is 1. The Morgan fingerprint density at radius 3 is 2.62 bits per heavy atom. The summed E-state index contributed by atoms with van der Waals surface area (Å²) in [5.74, 6) is -0.415. The molecule has 0 radical (unpaired) electrons. The van der Waals surface area contributed by atoms with Gasteiger partial charge >= 0.3 is 0 Å². The minimum absolute atomic E-state index is 0.0805. The Labute approximate surface area is 200 Å². The van der Waals surface area contributed by atoms with Crippen LogP contribution in [0.1, 0.15) is 32.8 Å². The lowest BCUT2D eigenvalue weighted by molar-refractivity contribution is -0.118. The van der Waals surface area contributed by atoms with E-state index in [9.17, 15) is 18.0 Å². The van der Waals surface area contributed by atoms with Crippen LogP contribution in [-0.4, -0.2) is 62.5 Å². The minimum atomic E-state index is -3.47. The number of nitrogens with one attached hydrogen (secondary N) is 4. The number of amides is 1. The first-order chi connectivity index (χ1) is 16.0. The zero-order valence-corrected chi connectivity index (χ0v) is 20.7. The van der Waals surface area contributed by atoms with Crippen molar-refractivity contribution in [2.75, 3.05) is 35.9 Å². The van der Waals surface area contributed by atoms with E-state index < -0.39 is 15.6 Å². The van der Waals surface area contributed by atoms with Crippen molar-refractivity contribution in [3.05, 3.63) is 53.4 Å². The van der Waals surface area contributed by atoms with Gasteiger partial charge in [0.25, 0.3) is 5.91 Å². The van der Waals surface area contributed by atoms with Gasteiger partial charge < -0.3 is 20.9 Å². The Morgan fingerprint density at radius 1 is 1.21 bits per heavy atom. The lowest BCUT2D eigenvalue weighted by atomic mass is 9.87. The number of rotatable bonds is 8. The third-order valence-corrected chi connectivity index (χ3v) is 7.07. The largest absolute Gasteiger partial charge is 0.384 e. The lowest BCUT2D eigenvalue weighted by Gasteiger charge is -2.26. The van der Waals surface area contributed by atoms with Crippen molar-refractivity contribution in [3.63, 3.8) is 0 Å². The fraction of sp³-hybridized carbons (Fsp3) is 0.417. The first-order valence-corrected chi connectivity index (χ1v) is 13.3. The number of carbonyl (C=O) groups excluding carboxylic acids is 2. The number of fused-ring (bicyclic) bond motifs is 1. The second-order valence-electron chi connectivity index (χ2n) is 9.00. The van der Waals surface area contributed by atoms with E-state index in [4.69, 9.17) is 0 Å². The van der Waals surface area contributed by atoms with Gasteiger partial charge in [0.05, 0.1) is 12.3 Å². The molecule has 1 amide bonds. The van der Waals surface area contributed by atoms with Crippen molar-refractivity contribution in [2.24, 2.45) is 0 Å². The number of nitrogens with zero attached hydrogens (tertiary/aromatic N) is 1. The second-order valence-corrected chi connectivity index (χ2v) is 10.7. The second kappa shape index (κ2) is 8.92. The Kier molecular flexibility index (Phi) is 6.30. The Balaban J connectivity index is 1.62. The van der Waals surface area contributed by atoms with E-state index in [2.05, 4.69) is 39.4 Å². The van der Waals surface area contributed by atoms with Crippen molar-refractivity contribution in [3.8, 4) is 0 Å². The molecule has 9 nitrogen and oxygen atoms in total. The highest BCUT2D eigenvalue weighted by molar-refractivity contribution is 7.92. The molecule has 0 aromatic heterocycles. The Hall–Kier alpha value is -3.11. The molecule has 0 aliphatic carbocycles. The van der Waals surface area contributed by atoms with Gasteiger partial charge in [-0.3, -0.25) is 14.3 Å². The molecule has 4 N–H and O–H groups in total. The van der Waals surface area contributed by atoms with Crippen LogP contribution in [0.5, 0.6) is 0 Å². The maximum atomic E-state index is 13.6. The number of hydrogen-bond donors (Lipinski definition) is 4. The standard InChI is InChI=1S/C24H31N5O4S/c1-5-29(6-2)12-10-19-21-20(9-11-25-19)27-24(3,22(21)30)14-17-16-13-15(28-34(4,32)33)7-8-18(16)26-23(17)31/h7-9,11,13-14,19,25,27-28H,5-6,10,12H2,1-4H3,(H,26,31)/b17-14-. The van der Waals surface area contributed by atoms with Crippen LogP contribution in [0.3, 0.4) is 0 Å². The molecule has 3 aliphatic rings. The van der Waals surface area contributed by atoms with Crippen molar-refractivity contribution in [2.45, 2.75) is 38.8 Å². The molecular formula is C24H31N5O4S. The van der Waals surface area contributed by atoms with Crippen LogP contribution in [0, 0.1) is 0 Å². The number of ketones is 1. The zero-order valence-electron chi connectivity index (χ0n) is 19.9. The van der Waals surface area contributed by atoms with Crippen LogP contribution in [-0.2, 0) is 19.6 Å². The van der Waals surface area contributed by atoms with Crippen LogP contribution >= 0.6 is 0 Å². The van der Waals surface area contributed by atoms with Gasteiger partial charge in [-0.1, -0.05) is 13.8 Å². The third-order valence-electron chi connectivity index (χ3n) is 6.46. The van der Waals surface area contributed by atoms with Crippen LogP contribution in [0.25, 0.3) is 5.57 Å². The van der Waals surface area contributed by atoms with Crippen molar-refractivity contribution in [1.29, 1.82) is 0 Å². The normalized spacial score (nSPS) is 24.7. The molecule has 2 unspecified atom stereocenters. The van der Waals surface area contributed by atoms with E-state index in [1.54, 1.807) is 31.2 Å². The quantitative estimate of drug-likeness (QED) is 0.415. The van der Waals surface area contributed by atoms with Crippen LogP contribution in [0.2, 0.25) is 0 Å². The fourth-order valence-electron chi connectivity index (χ4n) is 4.69. The summed E-state index contributed by atoms with van der Waals surface area (Å²) in [5.41, 5.74) is 2.14. The molecule has 0 saturated heterocycles. The molecule has 182 valence electrons. The summed E-state index contributed by atoms with van der Waals surface area (Å²) < 4.78 is 25.7. The minimum Gasteiger partial charge on any atom is -0.384 e. The number of dihydropyridines is 1. The van der Waals surface area contributed by atoms with Gasteiger partial charge in [0.2, 0.25) is 10.0 Å². The average Bonchev–Trinajstić information content (AvgIpc) is 3.21. The van der Waals surface area contributed by atoms with E-state index in [0.717, 1.165) is 38.0 Å². The molecule has 0 bridgehead atoms. The van der Waals surface area contributed by atoms with Crippen LogP contribution in [0.15, 0.2) is 47.8 Å². The average molecular weight is 486 g/mol. The molecule has 1 aromatic carbocycles. The number of carbonyl (C=O) groups is 2. The lowest BCUT2D eigenvalue weighted by Crippen LogP contribution is -2.43. The van der Waals surface area contributed by atoms with Gasteiger partial charge in [0, 0.05) is 40.3 Å². The summed E-state index contributed by atoms with van der Waals surface area (Å²) in [6.07, 6.45) is 7.20. The number of benzene rings is 1. The predicted molar refractivity (Wildman–Crippen MR) is 134 cm³/mol. The van der Waals surface area contributed by atoms with E-state index >= 15 is 0 Å². The summed E-state index contributed by atoms with van der Waals surface area (Å²) in [6, 6.07) is 4.72. The molecule has 4 rings (SSSR count). The number of allylic oxidation sites excluding steroid dienone is 1. The molecule has 0 fully saturated rings. The smallest absolute Gasteiger partial charge is 0.256 e. The van der Waals surface area contributed by atoms with E-state index in [1.165, 1.54) is 0 Å². The van der Waals surface area contributed by atoms with E-state index in [-0.39, 0.29) is 17.7 Å². The highest BCUT2D eigenvalue weighted by Gasteiger charge is 2.45. The number of hydrogen-bond acceptors (Lipinski definition) is 7. The fourth-order valence-corrected chi connectivity index (χ4v) is 5.25. The van der Waals surface area contributed by atoms with Gasteiger partial charge in [-0.05, 0) is 63.0 Å². The van der Waals surface area contributed by atoms with Gasteiger partial charge in [0.15, 0.2) is 5.78 Å². The molecule has 0 spiro atoms. The van der Waals surface area contributed by atoms with Crippen LogP contribution < -0.4 is 20.7 Å². The first-order valence-electron chi connectivity index (χ1n) is 11.4. The van der Waals surface area contributed by atoms with Crippen LogP contribution in [0.4, 0.5) is 11.4 Å². The summed E-state index contributed by atoms with van der Waals surface area (Å²) in [7, 11) is -3.47. The first kappa shape index (κ1) is 24.0. The SMILES string of the molecule is CCN(CC)CCC1NC=CC2=C1C(=O)C(C)(/C=C1\C(=O)Nc3ccc(NS(C)(=O)=O)cc31)N2. The Morgan fingerprint density at radius 2 is 1.94 bits per heavy atom. The molecule has 2 atom stereocenters. The summed E-state index contributed by atoms with van der Waals surface area (Å²) in [5, 5.41) is 9.43. The van der Waals surface area contributed by atoms with E-state index in [1.807, 2.05) is 12.3 Å². The molecule has 1 aromatic rings. The topological polar surface area (TPSA) is 120 Å². The maximum Gasteiger partial charge on any atom is 0.256 e. The van der Waals surface area contributed by atoms with Crippen molar-refractivity contribution < 1.29 is 18.0 Å². The summed E-state index contributed by atoms with van der Waals surface area (Å²) in [4.78, 5) is 28.7. The molecule has 10 heteroatoms. The maximum absolute atomic E-state index is 13.6. The molecular weight excluding hydrogens is 454 g/mol. The highest BCUT2D eigenvalue weighted by atomic mass is 32.2. The predicted octanol–water partition coefficient (Wildman–Crippen LogP) is 1.80. The molecule has 3 heterocycles. The van der Waals surface area contributed by atoms with Gasteiger partial charge in [0.1, 0.15) is 5.54 Å². The number of sulfonamides is 1. The monoisotopic (exact) mass is 485 g/mol. The van der Waals surface area contributed by atoms with Crippen molar-refractivity contribution >= 4 is 38.7 Å². The number of anilines is 2. The summed E-state index contributed by atoms with van der Waals surface area (Å²) in [6.45, 7) is 8.77. The van der Waals surface area contributed by atoms with Gasteiger partial charge in [-0.15, -0.1) is 0 Å². The molecule has 0 saturated carbocycles. The summed E-state index contributed by atoms with van der Waals surface area (Å²) >= 11 is 0. The van der Waals surface area contributed by atoms with Gasteiger partial charge in [-0.2, -0.15) is 0 Å². The zero-order chi connectivity index (χ0) is 24.7. The highest BCUT2D eigenvalue weighted by Crippen LogP contribution is 2.38. The van der Waals surface area contributed by atoms with Crippen molar-refractivity contribution in [1.82, 2.24) is 15.5 Å². The Bertz CT molecular complexity index is 1230. The molecule has 34 heavy (non-hydrogen) atoms. The van der Waals surface area contributed by atoms with Gasteiger partial charge in [-0.25, -0.2) is 8.42 Å². The van der Waals surface area contributed by atoms with E-state index in [0.29, 0.717) is 28.1 Å². The molecule has 3 aliphatic heterocycles.